The molecular weight excluding hydrogens is 276 g/mol. The van der Waals surface area contributed by atoms with Gasteiger partial charge in [0.25, 0.3) is 0 Å². The summed E-state index contributed by atoms with van der Waals surface area (Å²) >= 11 is 0. The topological polar surface area (TPSA) is 93.2 Å². The van der Waals surface area contributed by atoms with Gasteiger partial charge in [-0.3, -0.25) is 14.5 Å². The lowest BCUT2D eigenvalue weighted by Gasteiger charge is -2.38. The molecule has 1 atom stereocenters. The lowest BCUT2D eigenvalue weighted by molar-refractivity contribution is -0.143. The van der Waals surface area contributed by atoms with Crippen molar-refractivity contribution in [3.63, 3.8) is 0 Å². The first-order valence-corrected chi connectivity index (χ1v) is 7.26. The summed E-state index contributed by atoms with van der Waals surface area (Å²) in [5.74, 6) is -0.864. The van der Waals surface area contributed by atoms with Gasteiger partial charge in [0.05, 0.1) is 0 Å². The van der Waals surface area contributed by atoms with E-state index in [0.717, 1.165) is 0 Å². The number of amides is 3. The molecule has 0 radical (unpaired) electrons. The Morgan fingerprint density at radius 1 is 1.10 bits per heavy atom. The van der Waals surface area contributed by atoms with E-state index in [4.69, 9.17) is 5.11 Å². The molecule has 0 bridgehead atoms. The van der Waals surface area contributed by atoms with Gasteiger partial charge in [-0.1, -0.05) is 0 Å². The van der Waals surface area contributed by atoms with Gasteiger partial charge in [-0.25, -0.2) is 4.79 Å². The second-order valence-electron chi connectivity index (χ2n) is 5.41. The Morgan fingerprint density at radius 3 is 2.33 bits per heavy atom. The van der Waals surface area contributed by atoms with E-state index < -0.39 is 12.0 Å². The van der Waals surface area contributed by atoms with Gasteiger partial charge in [-0.2, -0.15) is 0 Å². The highest BCUT2D eigenvalue weighted by Gasteiger charge is 2.29. The van der Waals surface area contributed by atoms with Crippen LogP contribution in [0.4, 0.5) is 4.79 Å². The number of piperazine rings is 1. The number of carbonyl (C=O) groups is 3. The minimum absolute atomic E-state index is 0.0228. The molecule has 0 aromatic rings. The molecule has 1 unspecified atom stereocenters. The summed E-state index contributed by atoms with van der Waals surface area (Å²) in [7, 11) is 0. The van der Waals surface area contributed by atoms with Crippen molar-refractivity contribution < 1.29 is 19.5 Å². The maximum absolute atomic E-state index is 12.4. The number of hydrogen-bond donors (Lipinski definition) is 2. The van der Waals surface area contributed by atoms with Crippen LogP contribution >= 0.6 is 0 Å². The maximum atomic E-state index is 12.4. The van der Waals surface area contributed by atoms with Crippen LogP contribution in [0.15, 0.2) is 0 Å². The Balaban J connectivity index is 1.85. The number of hydrogen-bond acceptors (Lipinski definition) is 4. The van der Waals surface area contributed by atoms with Crippen LogP contribution in [-0.4, -0.2) is 89.6 Å². The smallest absolute Gasteiger partial charge is 0.320 e. The second-order valence-corrected chi connectivity index (χ2v) is 5.41. The molecule has 8 nitrogen and oxygen atoms in total. The highest BCUT2D eigenvalue weighted by Crippen LogP contribution is 2.10. The van der Waals surface area contributed by atoms with E-state index in [1.54, 1.807) is 16.7 Å². The van der Waals surface area contributed by atoms with Gasteiger partial charge in [0.15, 0.2) is 0 Å². The van der Waals surface area contributed by atoms with E-state index in [9.17, 15) is 14.4 Å². The first-order valence-electron chi connectivity index (χ1n) is 7.26. The van der Waals surface area contributed by atoms with E-state index in [0.29, 0.717) is 52.2 Å². The van der Waals surface area contributed by atoms with Crippen LogP contribution in [0.25, 0.3) is 0 Å². The number of carboxylic acid groups (broad SMARTS) is 1. The fourth-order valence-electron chi connectivity index (χ4n) is 2.61. The summed E-state index contributed by atoms with van der Waals surface area (Å²) < 4.78 is 0. The van der Waals surface area contributed by atoms with Gasteiger partial charge in [-0.05, 0) is 6.92 Å². The maximum Gasteiger partial charge on any atom is 0.320 e. The fraction of sp³-hybridized carbons (Fsp3) is 0.769. The molecule has 0 aliphatic carbocycles. The number of rotatable bonds is 2. The summed E-state index contributed by atoms with van der Waals surface area (Å²) in [5.41, 5.74) is 0. The lowest BCUT2D eigenvalue weighted by Crippen LogP contribution is -2.56. The molecule has 2 aliphatic heterocycles. The number of nitrogens with one attached hydrogen (secondary N) is 1. The largest absolute Gasteiger partial charge is 0.480 e. The summed E-state index contributed by atoms with van der Waals surface area (Å²) in [6.45, 7) is 5.27. The fourth-order valence-corrected chi connectivity index (χ4v) is 2.61. The molecule has 21 heavy (non-hydrogen) atoms. The van der Waals surface area contributed by atoms with E-state index in [2.05, 4.69) is 5.32 Å². The summed E-state index contributed by atoms with van der Waals surface area (Å²) in [5, 5.41) is 11.7. The Morgan fingerprint density at radius 2 is 1.71 bits per heavy atom. The number of carbonyl (C=O) groups excluding carboxylic acids is 2. The first kappa shape index (κ1) is 15.6. The molecule has 2 heterocycles. The second kappa shape index (κ2) is 6.75. The zero-order valence-electron chi connectivity index (χ0n) is 12.2. The average molecular weight is 298 g/mol. The van der Waals surface area contributed by atoms with Gasteiger partial charge in [0, 0.05) is 52.2 Å². The van der Waals surface area contributed by atoms with Crippen molar-refractivity contribution in [2.24, 2.45) is 0 Å². The summed E-state index contributed by atoms with van der Waals surface area (Å²) in [6, 6.07) is -0.587. The van der Waals surface area contributed by atoms with Gasteiger partial charge < -0.3 is 20.2 Å². The molecule has 8 heteroatoms. The van der Waals surface area contributed by atoms with Gasteiger partial charge >= 0.3 is 12.0 Å². The molecule has 0 aromatic carbocycles. The quantitative estimate of drug-likeness (QED) is 0.683. The third-order valence-corrected chi connectivity index (χ3v) is 4.07. The van der Waals surface area contributed by atoms with Crippen molar-refractivity contribution in [1.29, 1.82) is 0 Å². The van der Waals surface area contributed by atoms with Gasteiger partial charge in [0.2, 0.25) is 5.91 Å². The molecular formula is C13H22N4O4. The third-order valence-electron chi connectivity index (χ3n) is 4.07. The SMILES string of the molecule is CC(C(=O)O)N1CCN(C(=O)N2CCNC(=O)CC2)CC1. The monoisotopic (exact) mass is 298 g/mol. The van der Waals surface area contributed by atoms with Crippen LogP contribution < -0.4 is 5.32 Å². The van der Waals surface area contributed by atoms with E-state index in [1.807, 2.05) is 4.90 Å². The average Bonchev–Trinajstić information content (AvgIpc) is 2.70. The Labute approximate surface area is 123 Å². The standard InChI is InChI=1S/C13H22N4O4/c1-10(12(19)20)15-6-8-17(9-7-15)13(21)16-4-2-11(18)14-3-5-16/h10H,2-9H2,1H3,(H,14,18)(H,19,20). The molecule has 118 valence electrons. The Bertz CT molecular complexity index is 420. The zero-order valence-corrected chi connectivity index (χ0v) is 12.2. The molecule has 2 rings (SSSR count). The van der Waals surface area contributed by atoms with Crippen molar-refractivity contribution in [3.05, 3.63) is 0 Å². The predicted octanol–water partition coefficient (Wildman–Crippen LogP) is -0.981. The normalized spacial score (nSPS) is 22.4. The van der Waals surface area contributed by atoms with Crippen molar-refractivity contribution in [1.82, 2.24) is 20.0 Å². The molecule has 0 spiro atoms. The number of carboxylic acids is 1. The molecule has 2 fully saturated rings. The number of nitrogens with zero attached hydrogens (tertiary/aromatic N) is 3. The first-order chi connectivity index (χ1) is 9.99. The van der Waals surface area contributed by atoms with Gasteiger partial charge in [-0.15, -0.1) is 0 Å². The molecule has 3 amide bonds. The van der Waals surface area contributed by atoms with Crippen molar-refractivity contribution in [2.75, 3.05) is 45.8 Å². The van der Waals surface area contributed by atoms with Crippen LogP contribution in [0.5, 0.6) is 0 Å². The lowest BCUT2D eigenvalue weighted by atomic mass is 10.2. The van der Waals surface area contributed by atoms with Crippen molar-refractivity contribution in [3.8, 4) is 0 Å². The minimum Gasteiger partial charge on any atom is -0.480 e. The van der Waals surface area contributed by atoms with Crippen LogP contribution in [0.1, 0.15) is 13.3 Å². The zero-order chi connectivity index (χ0) is 15.4. The third kappa shape index (κ3) is 3.84. The molecule has 2 N–H and O–H groups in total. The Hall–Kier alpha value is -1.83. The minimum atomic E-state index is -0.841. The molecule has 0 saturated carbocycles. The number of aliphatic carboxylic acids is 1. The van der Waals surface area contributed by atoms with Crippen molar-refractivity contribution in [2.45, 2.75) is 19.4 Å². The molecule has 2 aliphatic rings. The highest BCUT2D eigenvalue weighted by molar-refractivity contribution is 5.79. The Kier molecular flexibility index (Phi) is 5.00. The van der Waals surface area contributed by atoms with E-state index in [-0.39, 0.29) is 11.9 Å². The van der Waals surface area contributed by atoms with E-state index >= 15 is 0 Å². The summed E-state index contributed by atoms with van der Waals surface area (Å²) in [4.78, 5) is 39.9. The van der Waals surface area contributed by atoms with E-state index in [1.165, 1.54) is 0 Å². The highest BCUT2D eigenvalue weighted by atomic mass is 16.4. The van der Waals surface area contributed by atoms with Crippen LogP contribution in [-0.2, 0) is 9.59 Å². The summed E-state index contributed by atoms with van der Waals surface area (Å²) in [6.07, 6.45) is 0.335. The van der Waals surface area contributed by atoms with Crippen LogP contribution in [0.2, 0.25) is 0 Å². The van der Waals surface area contributed by atoms with Gasteiger partial charge in [0.1, 0.15) is 6.04 Å². The van der Waals surface area contributed by atoms with Crippen LogP contribution in [0, 0.1) is 0 Å². The van der Waals surface area contributed by atoms with Crippen LogP contribution in [0.3, 0.4) is 0 Å². The van der Waals surface area contributed by atoms with Crippen molar-refractivity contribution >= 4 is 17.9 Å². The molecule has 2 saturated heterocycles. The number of urea groups is 1. The predicted molar refractivity (Wildman–Crippen MR) is 74.8 cm³/mol. The molecule has 0 aromatic heterocycles.